The summed E-state index contributed by atoms with van der Waals surface area (Å²) in [6.07, 6.45) is -0.0817. The predicted molar refractivity (Wildman–Crippen MR) is 91.0 cm³/mol. The van der Waals surface area contributed by atoms with Crippen molar-refractivity contribution in [2.24, 2.45) is 0 Å². The molecular formula is C18H19F2NO3S. The third-order valence-corrected chi connectivity index (χ3v) is 5.12. The van der Waals surface area contributed by atoms with E-state index in [-0.39, 0.29) is 28.7 Å². The number of hydrogen-bond donors (Lipinski definition) is 1. The number of nitrogens with one attached hydrogen (secondary N) is 1. The fraction of sp³-hybridized carbons (Fsp3) is 0.278. The first kappa shape index (κ1) is 19.2. The average molecular weight is 367 g/mol. The molecule has 1 N–H and O–H groups in total. The summed E-state index contributed by atoms with van der Waals surface area (Å²) in [6, 6.07) is 6.89. The van der Waals surface area contributed by atoms with Crippen LogP contribution in [0.2, 0.25) is 0 Å². The van der Waals surface area contributed by atoms with Crippen molar-refractivity contribution in [2.75, 3.05) is 0 Å². The van der Waals surface area contributed by atoms with Gasteiger partial charge in [0.2, 0.25) is 10.0 Å². The number of Topliss-reactive ketones (excluding diaryl/α,β-unsaturated/α-hetero) is 1. The Balaban J connectivity index is 2.32. The molecule has 0 aliphatic rings. The minimum Gasteiger partial charge on any atom is -0.294 e. The predicted octanol–water partition coefficient (Wildman–Crippen LogP) is 3.39. The summed E-state index contributed by atoms with van der Waals surface area (Å²) in [5, 5.41) is 0. The van der Waals surface area contributed by atoms with Gasteiger partial charge in [-0.15, -0.1) is 0 Å². The maximum atomic E-state index is 13.8. The van der Waals surface area contributed by atoms with Crippen LogP contribution in [0.25, 0.3) is 0 Å². The molecule has 0 fully saturated rings. The Bertz CT molecular complexity index is 909. The van der Waals surface area contributed by atoms with E-state index >= 15 is 0 Å². The lowest BCUT2D eigenvalue weighted by Gasteiger charge is -2.11. The van der Waals surface area contributed by atoms with Crippen LogP contribution in [-0.4, -0.2) is 20.2 Å². The van der Waals surface area contributed by atoms with Crippen LogP contribution in [0.15, 0.2) is 41.3 Å². The Morgan fingerprint density at radius 3 is 2.40 bits per heavy atom. The summed E-state index contributed by atoms with van der Waals surface area (Å²) < 4.78 is 53.8. The van der Waals surface area contributed by atoms with Gasteiger partial charge in [0.25, 0.3) is 0 Å². The molecule has 0 bridgehead atoms. The highest BCUT2D eigenvalue weighted by atomic mass is 32.2. The molecule has 0 amide bonds. The molecule has 0 heterocycles. The van der Waals surface area contributed by atoms with Crippen LogP contribution in [0.1, 0.15) is 35.3 Å². The molecule has 0 aliphatic carbocycles. The second-order valence-electron chi connectivity index (χ2n) is 6.14. The topological polar surface area (TPSA) is 63.2 Å². The van der Waals surface area contributed by atoms with Crippen molar-refractivity contribution in [3.63, 3.8) is 0 Å². The van der Waals surface area contributed by atoms with E-state index in [1.165, 1.54) is 18.2 Å². The maximum absolute atomic E-state index is 13.8. The fourth-order valence-electron chi connectivity index (χ4n) is 2.36. The fourth-order valence-corrected chi connectivity index (χ4v) is 3.67. The largest absolute Gasteiger partial charge is 0.294 e. The van der Waals surface area contributed by atoms with Crippen molar-refractivity contribution in [3.05, 3.63) is 64.7 Å². The number of benzene rings is 2. The molecule has 25 heavy (non-hydrogen) atoms. The van der Waals surface area contributed by atoms with E-state index in [9.17, 15) is 22.0 Å². The van der Waals surface area contributed by atoms with Gasteiger partial charge in [-0.1, -0.05) is 12.1 Å². The van der Waals surface area contributed by atoms with Crippen molar-refractivity contribution < 1.29 is 22.0 Å². The Morgan fingerprint density at radius 1 is 1.12 bits per heavy atom. The number of rotatable bonds is 6. The van der Waals surface area contributed by atoms with Gasteiger partial charge in [-0.05, 0) is 56.2 Å². The van der Waals surface area contributed by atoms with Crippen LogP contribution in [0.5, 0.6) is 0 Å². The lowest BCUT2D eigenvalue weighted by atomic mass is 10.0. The molecule has 7 heteroatoms. The lowest BCUT2D eigenvalue weighted by molar-refractivity contribution is 0.0992. The molecule has 0 unspecified atom stereocenters. The number of carbonyl (C=O) groups excluding carboxylic acids is 1. The van der Waals surface area contributed by atoms with Gasteiger partial charge in [0, 0.05) is 18.0 Å². The van der Waals surface area contributed by atoms with Gasteiger partial charge < -0.3 is 0 Å². The van der Waals surface area contributed by atoms with Gasteiger partial charge in [0.15, 0.2) is 5.78 Å². The van der Waals surface area contributed by atoms with Gasteiger partial charge in [0.1, 0.15) is 11.6 Å². The number of sulfonamides is 1. The molecule has 0 saturated carbocycles. The zero-order valence-electron chi connectivity index (χ0n) is 14.1. The second kappa shape index (κ2) is 7.41. The van der Waals surface area contributed by atoms with E-state index in [0.717, 1.165) is 18.2 Å². The van der Waals surface area contributed by atoms with Crippen LogP contribution in [-0.2, 0) is 16.4 Å². The zero-order valence-corrected chi connectivity index (χ0v) is 15.0. The molecule has 4 nitrogen and oxygen atoms in total. The summed E-state index contributed by atoms with van der Waals surface area (Å²) in [5.41, 5.74) is 0.915. The Hall–Kier alpha value is -2.12. The van der Waals surface area contributed by atoms with Gasteiger partial charge in [-0.25, -0.2) is 21.9 Å². The van der Waals surface area contributed by atoms with Crippen LogP contribution in [0.4, 0.5) is 8.78 Å². The first-order valence-corrected chi connectivity index (χ1v) is 9.18. The van der Waals surface area contributed by atoms with E-state index in [2.05, 4.69) is 4.72 Å². The van der Waals surface area contributed by atoms with Gasteiger partial charge in [-0.3, -0.25) is 4.79 Å². The second-order valence-corrected chi connectivity index (χ2v) is 7.85. The van der Waals surface area contributed by atoms with Crippen LogP contribution >= 0.6 is 0 Å². The average Bonchev–Trinajstić information content (AvgIpc) is 2.49. The molecular weight excluding hydrogens is 348 g/mol. The van der Waals surface area contributed by atoms with E-state index in [1.807, 2.05) is 0 Å². The van der Waals surface area contributed by atoms with Crippen molar-refractivity contribution in [1.29, 1.82) is 0 Å². The van der Waals surface area contributed by atoms with Gasteiger partial charge in [0.05, 0.1) is 4.90 Å². The Kier molecular flexibility index (Phi) is 5.69. The SMILES string of the molecule is Cc1cc(CC(=O)c2cc(F)cc(S(=O)(=O)NC(C)C)c2)ccc1F. The molecule has 0 aromatic heterocycles. The van der Waals surface area contributed by atoms with Crippen LogP contribution < -0.4 is 4.72 Å². The van der Waals surface area contributed by atoms with E-state index in [1.54, 1.807) is 20.8 Å². The third-order valence-electron chi connectivity index (χ3n) is 3.48. The minimum atomic E-state index is -3.92. The molecule has 2 aromatic carbocycles. The number of aryl methyl sites for hydroxylation is 1. The van der Waals surface area contributed by atoms with Crippen molar-refractivity contribution >= 4 is 15.8 Å². The van der Waals surface area contributed by atoms with E-state index in [4.69, 9.17) is 0 Å². The van der Waals surface area contributed by atoms with E-state index < -0.39 is 21.6 Å². The van der Waals surface area contributed by atoms with Crippen LogP contribution in [0.3, 0.4) is 0 Å². The standard InChI is InChI=1S/C18H19F2NO3S/c1-11(2)21-25(23,24)16-9-14(8-15(19)10-16)18(22)7-13-4-5-17(20)12(3)6-13/h4-6,8-11,21H,7H2,1-3H3. The summed E-state index contributed by atoms with van der Waals surface area (Å²) >= 11 is 0. The number of carbonyl (C=O) groups is 1. The van der Waals surface area contributed by atoms with Gasteiger partial charge in [-0.2, -0.15) is 0 Å². The van der Waals surface area contributed by atoms with Crippen molar-refractivity contribution in [2.45, 2.75) is 38.1 Å². The number of halogens is 2. The molecule has 0 radical (unpaired) electrons. The Labute approximate surface area is 145 Å². The van der Waals surface area contributed by atoms with Crippen molar-refractivity contribution in [3.8, 4) is 0 Å². The highest BCUT2D eigenvalue weighted by molar-refractivity contribution is 7.89. The molecule has 0 spiro atoms. The lowest BCUT2D eigenvalue weighted by Crippen LogP contribution is -2.30. The summed E-state index contributed by atoms with van der Waals surface area (Å²) in [6.45, 7) is 4.85. The molecule has 0 atom stereocenters. The zero-order chi connectivity index (χ0) is 18.8. The highest BCUT2D eigenvalue weighted by Crippen LogP contribution is 2.18. The third kappa shape index (κ3) is 4.93. The monoisotopic (exact) mass is 367 g/mol. The highest BCUT2D eigenvalue weighted by Gasteiger charge is 2.19. The number of hydrogen-bond acceptors (Lipinski definition) is 3. The Morgan fingerprint density at radius 2 is 1.80 bits per heavy atom. The normalized spacial score (nSPS) is 11.8. The molecule has 0 saturated heterocycles. The quantitative estimate of drug-likeness (QED) is 0.796. The summed E-state index contributed by atoms with van der Waals surface area (Å²) in [4.78, 5) is 12.1. The number of ketones is 1. The van der Waals surface area contributed by atoms with E-state index in [0.29, 0.717) is 11.1 Å². The van der Waals surface area contributed by atoms with Crippen molar-refractivity contribution in [1.82, 2.24) is 4.72 Å². The van der Waals surface area contributed by atoms with Crippen LogP contribution in [0, 0.1) is 18.6 Å². The molecule has 2 rings (SSSR count). The molecule has 2 aromatic rings. The van der Waals surface area contributed by atoms with Gasteiger partial charge >= 0.3 is 0 Å². The first-order chi connectivity index (χ1) is 11.6. The summed E-state index contributed by atoms with van der Waals surface area (Å²) in [7, 11) is -3.92. The summed E-state index contributed by atoms with van der Waals surface area (Å²) in [5.74, 6) is -1.65. The molecule has 0 aliphatic heterocycles. The minimum absolute atomic E-state index is 0.0499. The smallest absolute Gasteiger partial charge is 0.240 e. The first-order valence-electron chi connectivity index (χ1n) is 7.69. The molecule has 134 valence electrons. The maximum Gasteiger partial charge on any atom is 0.240 e.